The van der Waals surface area contributed by atoms with Crippen molar-refractivity contribution >= 4 is 23.0 Å². The van der Waals surface area contributed by atoms with Gasteiger partial charge < -0.3 is 25.3 Å². The molecule has 0 bridgehead atoms. The summed E-state index contributed by atoms with van der Waals surface area (Å²) in [4.78, 5) is 28.2. The lowest BCUT2D eigenvalue weighted by Crippen LogP contribution is -2.42. The third-order valence-electron chi connectivity index (χ3n) is 3.85. The highest BCUT2D eigenvalue weighted by atomic mass is 19.1. The van der Waals surface area contributed by atoms with E-state index in [0.29, 0.717) is 26.1 Å². The first-order valence-corrected chi connectivity index (χ1v) is 8.87. The number of fused-ring (bicyclic) bond motifs is 1. The Balaban J connectivity index is 1.69. The molecule has 7 nitrogen and oxygen atoms in total. The average Bonchev–Trinajstić information content (AvgIpc) is 2.95. The first-order valence-electron chi connectivity index (χ1n) is 8.87. The highest BCUT2D eigenvalue weighted by Crippen LogP contribution is 2.19. The van der Waals surface area contributed by atoms with Crippen LogP contribution < -0.4 is 10.6 Å². The molecule has 0 atom stereocenters. The SMILES string of the molecule is CN(CCNC(=O)NCCc1c[nH]c2ccc(F)cc12)C(=O)OC(C)(C)C. The highest BCUT2D eigenvalue weighted by Gasteiger charge is 2.19. The Morgan fingerprint density at radius 3 is 2.63 bits per heavy atom. The van der Waals surface area contributed by atoms with E-state index in [-0.39, 0.29) is 11.8 Å². The number of nitrogens with zero attached hydrogens (tertiary/aromatic N) is 1. The molecule has 3 N–H and O–H groups in total. The van der Waals surface area contributed by atoms with Crippen LogP contribution in [0.1, 0.15) is 26.3 Å². The zero-order chi connectivity index (χ0) is 20.0. The fourth-order valence-electron chi connectivity index (χ4n) is 2.50. The van der Waals surface area contributed by atoms with Gasteiger partial charge in [-0.25, -0.2) is 14.0 Å². The lowest BCUT2D eigenvalue weighted by Gasteiger charge is -2.24. The molecule has 0 fully saturated rings. The van der Waals surface area contributed by atoms with Crippen molar-refractivity contribution in [2.45, 2.75) is 32.8 Å². The van der Waals surface area contributed by atoms with Crippen LogP contribution in [0.15, 0.2) is 24.4 Å². The second-order valence-electron chi connectivity index (χ2n) is 7.34. The number of amides is 3. The van der Waals surface area contributed by atoms with E-state index < -0.39 is 11.7 Å². The highest BCUT2D eigenvalue weighted by molar-refractivity contribution is 5.83. The molecule has 3 amide bonds. The summed E-state index contributed by atoms with van der Waals surface area (Å²) >= 11 is 0. The number of hydrogen-bond acceptors (Lipinski definition) is 3. The van der Waals surface area contributed by atoms with Gasteiger partial charge in [0, 0.05) is 43.8 Å². The van der Waals surface area contributed by atoms with E-state index in [4.69, 9.17) is 4.74 Å². The zero-order valence-corrected chi connectivity index (χ0v) is 16.2. The number of H-pyrrole nitrogens is 1. The standard InChI is InChI=1S/C19H27FN4O3/c1-19(2,3)27-18(26)24(4)10-9-22-17(25)21-8-7-13-12-23-16-6-5-14(20)11-15(13)16/h5-6,11-12,23H,7-10H2,1-4H3,(H2,21,22,25). The Morgan fingerprint density at radius 2 is 1.93 bits per heavy atom. The molecule has 27 heavy (non-hydrogen) atoms. The maximum absolute atomic E-state index is 13.4. The molecule has 0 aliphatic rings. The Morgan fingerprint density at radius 1 is 1.22 bits per heavy atom. The van der Waals surface area contributed by atoms with Crippen LogP contribution in [0.4, 0.5) is 14.0 Å². The van der Waals surface area contributed by atoms with Crippen LogP contribution in [0.25, 0.3) is 10.9 Å². The maximum atomic E-state index is 13.4. The molecule has 0 spiro atoms. The maximum Gasteiger partial charge on any atom is 0.410 e. The number of urea groups is 1. The number of aromatic amines is 1. The van der Waals surface area contributed by atoms with Crippen molar-refractivity contribution in [3.8, 4) is 0 Å². The number of halogens is 1. The van der Waals surface area contributed by atoms with E-state index in [1.54, 1.807) is 33.9 Å². The fourth-order valence-corrected chi connectivity index (χ4v) is 2.50. The number of rotatable bonds is 6. The van der Waals surface area contributed by atoms with Gasteiger partial charge in [0.1, 0.15) is 11.4 Å². The summed E-state index contributed by atoms with van der Waals surface area (Å²) in [5.41, 5.74) is 1.25. The van der Waals surface area contributed by atoms with Crippen LogP contribution in [0, 0.1) is 5.82 Å². The van der Waals surface area contributed by atoms with Crippen molar-refractivity contribution in [3.63, 3.8) is 0 Å². The molecule has 0 unspecified atom stereocenters. The summed E-state index contributed by atoms with van der Waals surface area (Å²) in [7, 11) is 1.61. The lowest BCUT2D eigenvalue weighted by atomic mass is 10.1. The number of hydrogen-bond donors (Lipinski definition) is 3. The molecule has 1 aromatic heterocycles. The van der Waals surface area contributed by atoms with Crippen LogP contribution >= 0.6 is 0 Å². The van der Waals surface area contributed by atoms with Crippen molar-refractivity contribution in [2.24, 2.45) is 0 Å². The first kappa shape index (κ1) is 20.5. The van der Waals surface area contributed by atoms with Crippen LogP contribution in [-0.2, 0) is 11.2 Å². The molecule has 2 rings (SSSR count). The summed E-state index contributed by atoms with van der Waals surface area (Å²) in [5, 5.41) is 6.26. The Kier molecular flexibility index (Phi) is 6.65. The number of benzene rings is 1. The normalized spacial score (nSPS) is 11.3. The summed E-state index contributed by atoms with van der Waals surface area (Å²) in [5.74, 6) is -0.289. The van der Waals surface area contributed by atoms with Crippen LogP contribution in [-0.4, -0.2) is 54.3 Å². The van der Waals surface area contributed by atoms with E-state index in [1.807, 2.05) is 6.20 Å². The molecule has 0 radical (unpaired) electrons. The van der Waals surface area contributed by atoms with Gasteiger partial charge >= 0.3 is 12.1 Å². The van der Waals surface area contributed by atoms with Crippen molar-refractivity contribution in [2.75, 3.05) is 26.7 Å². The van der Waals surface area contributed by atoms with Gasteiger partial charge in [0.25, 0.3) is 0 Å². The summed E-state index contributed by atoms with van der Waals surface area (Å²) in [6.45, 7) is 6.45. The summed E-state index contributed by atoms with van der Waals surface area (Å²) < 4.78 is 18.6. The molecule has 1 aromatic carbocycles. The number of carbonyl (C=O) groups is 2. The van der Waals surface area contributed by atoms with E-state index in [2.05, 4.69) is 15.6 Å². The van der Waals surface area contributed by atoms with E-state index >= 15 is 0 Å². The lowest BCUT2D eigenvalue weighted by molar-refractivity contribution is 0.0301. The molecular formula is C19H27FN4O3. The monoisotopic (exact) mass is 378 g/mol. The van der Waals surface area contributed by atoms with E-state index in [0.717, 1.165) is 16.5 Å². The third-order valence-corrected chi connectivity index (χ3v) is 3.85. The molecule has 0 saturated heterocycles. The zero-order valence-electron chi connectivity index (χ0n) is 16.2. The largest absolute Gasteiger partial charge is 0.444 e. The molecule has 0 aliphatic heterocycles. The minimum atomic E-state index is -0.554. The van der Waals surface area contributed by atoms with Crippen molar-refractivity contribution < 1.29 is 18.7 Å². The summed E-state index contributed by atoms with van der Waals surface area (Å²) in [6, 6.07) is 4.25. The Hall–Kier alpha value is -2.77. The quantitative estimate of drug-likeness (QED) is 0.722. The van der Waals surface area contributed by atoms with E-state index in [1.165, 1.54) is 17.0 Å². The number of carbonyl (C=O) groups excluding carboxylic acids is 2. The summed E-state index contributed by atoms with van der Waals surface area (Å²) in [6.07, 6.45) is 1.96. The number of aromatic nitrogens is 1. The smallest absolute Gasteiger partial charge is 0.410 e. The molecular weight excluding hydrogens is 351 g/mol. The predicted octanol–water partition coefficient (Wildman–Crippen LogP) is 3.02. The van der Waals surface area contributed by atoms with Crippen molar-refractivity contribution in [1.82, 2.24) is 20.5 Å². The Labute approximate surface area is 158 Å². The van der Waals surface area contributed by atoms with Crippen molar-refractivity contribution in [3.05, 3.63) is 35.8 Å². The van der Waals surface area contributed by atoms with Crippen LogP contribution in [0.5, 0.6) is 0 Å². The number of ether oxygens (including phenoxy) is 1. The molecule has 148 valence electrons. The minimum absolute atomic E-state index is 0.289. The van der Waals surface area contributed by atoms with Gasteiger partial charge in [-0.05, 0) is 51.0 Å². The first-order chi connectivity index (χ1) is 12.7. The molecule has 0 saturated carbocycles. The van der Waals surface area contributed by atoms with Gasteiger partial charge in [-0.1, -0.05) is 0 Å². The molecule has 1 heterocycles. The minimum Gasteiger partial charge on any atom is -0.444 e. The second-order valence-corrected chi connectivity index (χ2v) is 7.34. The molecule has 2 aromatic rings. The van der Waals surface area contributed by atoms with Gasteiger partial charge in [-0.3, -0.25) is 0 Å². The van der Waals surface area contributed by atoms with E-state index in [9.17, 15) is 14.0 Å². The van der Waals surface area contributed by atoms with Gasteiger partial charge in [0.05, 0.1) is 0 Å². The topological polar surface area (TPSA) is 86.5 Å². The van der Waals surface area contributed by atoms with Gasteiger partial charge in [-0.2, -0.15) is 0 Å². The average molecular weight is 378 g/mol. The predicted molar refractivity (Wildman–Crippen MR) is 102 cm³/mol. The van der Waals surface area contributed by atoms with Gasteiger partial charge in [0.15, 0.2) is 0 Å². The fraction of sp³-hybridized carbons (Fsp3) is 0.474. The number of nitrogens with one attached hydrogen (secondary N) is 3. The van der Waals surface area contributed by atoms with Crippen LogP contribution in [0.3, 0.4) is 0 Å². The molecule has 8 heteroatoms. The number of likely N-dealkylation sites (N-methyl/N-ethyl adjacent to an activating group) is 1. The Bertz CT molecular complexity index is 798. The van der Waals surface area contributed by atoms with Crippen molar-refractivity contribution in [1.29, 1.82) is 0 Å². The van der Waals surface area contributed by atoms with Gasteiger partial charge in [-0.15, -0.1) is 0 Å². The second kappa shape index (κ2) is 8.75. The van der Waals surface area contributed by atoms with Gasteiger partial charge in [0.2, 0.25) is 0 Å². The molecule has 0 aliphatic carbocycles. The van der Waals surface area contributed by atoms with Crippen LogP contribution in [0.2, 0.25) is 0 Å². The third kappa shape index (κ3) is 6.47.